The number of hydrogen-bond acceptors (Lipinski definition) is 2. The Balaban J connectivity index is 1.87. The van der Waals surface area contributed by atoms with Crippen LogP contribution in [0.3, 0.4) is 0 Å². The molecule has 0 radical (unpaired) electrons. The Bertz CT molecular complexity index is 532. The fourth-order valence-electron chi connectivity index (χ4n) is 2.39. The van der Waals surface area contributed by atoms with E-state index < -0.39 is 0 Å². The average Bonchev–Trinajstić information content (AvgIpc) is 2.53. The van der Waals surface area contributed by atoms with Crippen molar-refractivity contribution in [2.75, 3.05) is 14.1 Å². The number of hydrogen-bond donors (Lipinski definition) is 1. The minimum absolute atomic E-state index is 0.0143. The SMILES string of the molecule is CN(C)C(=O)c1ccc(CNC(=O)C2CC=CCC2)cc1. The van der Waals surface area contributed by atoms with Crippen molar-refractivity contribution in [3.8, 4) is 0 Å². The van der Waals surface area contributed by atoms with Crippen LogP contribution in [0.2, 0.25) is 0 Å². The van der Waals surface area contributed by atoms with Crippen molar-refractivity contribution >= 4 is 11.8 Å². The summed E-state index contributed by atoms with van der Waals surface area (Å²) in [5.74, 6) is 0.206. The van der Waals surface area contributed by atoms with Crippen molar-refractivity contribution in [1.29, 1.82) is 0 Å². The van der Waals surface area contributed by atoms with E-state index in [-0.39, 0.29) is 17.7 Å². The summed E-state index contributed by atoms with van der Waals surface area (Å²) in [6.07, 6.45) is 6.96. The van der Waals surface area contributed by atoms with Crippen LogP contribution in [0.5, 0.6) is 0 Å². The molecule has 0 bridgehead atoms. The molecule has 1 aromatic rings. The van der Waals surface area contributed by atoms with Crippen LogP contribution in [-0.2, 0) is 11.3 Å². The maximum Gasteiger partial charge on any atom is 0.253 e. The average molecular weight is 286 g/mol. The number of carbonyl (C=O) groups excluding carboxylic acids is 2. The molecular weight excluding hydrogens is 264 g/mol. The van der Waals surface area contributed by atoms with E-state index in [1.807, 2.05) is 12.1 Å². The van der Waals surface area contributed by atoms with Crippen molar-refractivity contribution in [3.05, 3.63) is 47.5 Å². The lowest BCUT2D eigenvalue weighted by atomic mass is 9.93. The first-order valence-electron chi connectivity index (χ1n) is 7.31. The maximum absolute atomic E-state index is 12.0. The van der Waals surface area contributed by atoms with Gasteiger partial charge in [-0.1, -0.05) is 24.3 Å². The van der Waals surface area contributed by atoms with Gasteiger partial charge in [0.2, 0.25) is 5.91 Å². The molecule has 1 N–H and O–H groups in total. The molecule has 0 aliphatic heterocycles. The van der Waals surface area contributed by atoms with Gasteiger partial charge in [0.15, 0.2) is 0 Å². The summed E-state index contributed by atoms with van der Waals surface area (Å²) in [5, 5.41) is 2.97. The zero-order chi connectivity index (χ0) is 15.2. The number of rotatable bonds is 4. The van der Waals surface area contributed by atoms with Gasteiger partial charge >= 0.3 is 0 Å². The molecule has 0 aromatic heterocycles. The number of benzene rings is 1. The summed E-state index contributed by atoms with van der Waals surface area (Å²) in [4.78, 5) is 25.4. The highest BCUT2D eigenvalue weighted by Gasteiger charge is 2.18. The summed E-state index contributed by atoms with van der Waals surface area (Å²) in [7, 11) is 3.46. The third-order valence-electron chi connectivity index (χ3n) is 3.71. The Morgan fingerprint density at radius 2 is 1.90 bits per heavy atom. The van der Waals surface area contributed by atoms with E-state index in [2.05, 4.69) is 17.5 Å². The van der Waals surface area contributed by atoms with Crippen LogP contribution in [0, 0.1) is 5.92 Å². The van der Waals surface area contributed by atoms with Gasteiger partial charge in [-0.05, 0) is 37.0 Å². The number of carbonyl (C=O) groups is 2. The van der Waals surface area contributed by atoms with Crippen LogP contribution in [0.15, 0.2) is 36.4 Å². The Morgan fingerprint density at radius 1 is 1.19 bits per heavy atom. The second-order valence-corrected chi connectivity index (χ2v) is 5.60. The summed E-state index contributed by atoms with van der Waals surface area (Å²) < 4.78 is 0. The number of nitrogens with zero attached hydrogens (tertiary/aromatic N) is 1. The van der Waals surface area contributed by atoms with Crippen molar-refractivity contribution in [1.82, 2.24) is 10.2 Å². The molecule has 1 aliphatic carbocycles. The highest BCUT2D eigenvalue weighted by molar-refractivity contribution is 5.93. The van der Waals surface area contributed by atoms with Crippen molar-refractivity contribution in [3.63, 3.8) is 0 Å². The summed E-state index contributed by atoms with van der Waals surface area (Å²) in [6.45, 7) is 0.509. The van der Waals surface area contributed by atoms with Gasteiger partial charge in [-0.3, -0.25) is 9.59 Å². The van der Waals surface area contributed by atoms with Gasteiger partial charge in [-0.15, -0.1) is 0 Å². The van der Waals surface area contributed by atoms with Crippen LogP contribution in [0.25, 0.3) is 0 Å². The van der Waals surface area contributed by atoms with Crippen LogP contribution in [0.4, 0.5) is 0 Å². The normalized spacial score (nSPS) is 17.3. The number of amides is 2. The van der Waals surface area contributed by atoms with Crippen LogP contribution in [-0.4, -0.2) is 30.8 Å². The Labute approximate surface area is 125 Å². The third-order valence-corrected chi connectivity index (χ3v) is 3.71. The predicted octanol–water partition coefficient (Wildman–Crippen LogP) is 2.36. The van der Waals surface area contributed by atoms with Gasteiger partial charge < -0.3 is 10.2 Å². The molecule has 0 saturated carbocycles. The summed E-state index contributed by atoms with van der Waals surface area (Å²) in [5.41, 5.74) is 1.66. The van der Waals surface area contributed by atoms with Gasteiger partial charge in [0, 0.05) is 32.1 Å². The second kappa shape index (κ2) is 7.07. The van der Waals surface area contributed by atoms with E-state index >= 15 is 0 Å². The monoisotopic (exact) mass is 286 g/mol. The molecule has 4 heteroatoms. The smallest absolute Gasteiger partial charge is 0.253 e. The molecule has 0 heterocycles. The van der Waals surface area contributed by atoms with Gasteiger partial charge in [0.1, 0.15) is 0 Å². The highest BCUT2D eigenvalue weighted by atomic mass is 16.2. The predicted molar refractivity (Wildman–Crippen MR) is 82.8 cm³/mol. The van der Waals surface area contributed by atoms with Crippen molar-refractivity contribution in [2.24, 2.45) is 5.92 Å². The fraction of sp³-hybridized carbons (Fsp3) is 0.412. The van der Waals surface area contributed by atoms with Gasteiger partial charge in [-0.2, -0.15) is 0 Å². The van der Waals surface area contributed by atoms with E-state index in [1.165, 1.54) is 0 Å². The summed E-state index contributed by atoms with van der Waals surface area (Å²) in [6, 6.07) is 7.37. The molecule has 0 saturated heterocycles. The molecule has 1 aliphatic rings. The topological polar surface area (TPSA) is 49.4 Å². The zero-order valence-electron chi connectivity index (χ0n) is 12.6. The molecule has 2 rings (SSSR count). The molecule has 1 aromatic carbocycles. The van der Waals surface area contributed by atoms with E-state index in [9.17, 15) is 9.59 Å². The maximum atomic E-state index is 12.0. The van der Waals surface area contributed by atoms with E-state index in [1.54, 1.807) is 31.1 Å². The van der Waals surface area contributed by atoms with Crippen LogP contribution in [0.1, 0.15) is 35.2 Å². The first-order chi connectivity index (χ1) is 10.1. The lowest BCUT2D eigenvalue weighted by Crippen LogP contribution is -2.30. The minimum Gasteiger partial charge on any atom is -0.352 e. The molecule has 1 atom stereocenters. The molecule has 21 heavy (non-hydrogen) atoms. The largest absolute Gasteiger partial charge is 0.352 e. The number of allylic oxidation sites excluding steroid dienone is 2. The van der Waals surface area contributed by atoms with Crippen LogP contribution < -0.4 is 5.32 Å². The molecule has 0 spiro atoms. The van der Waals surface area contributed by atoms with E-state index in [4.69, 9.17) is 0 Å². The summed E-state index contributed by atoms with van der Waals surface area (Å²) >= 11 is 0. The first-order valence-corrected chi connectivity index (χ1v) is 7.31. The first kappa shape index (κ1) is 15.3. The quantitative estimate of drug-likeness (QED) is 0.864. The third kappa shape index (κ3) is 4.18. The fourth-order valence-corrected chi connectivity index (χ4v) is 2.39. The molecule has 112 valence electrons. The Hall–Kier alpha value is -2.10. The Morgan fingerprint density at radius 3 is 2.48 bits per heavy atom. The molecule has 2 amide bonds. The van der Waals surface area contributed by atoms with E-state index in [0.29, 0.717) is 12.1 Å². The zero-order valence-corrected chi connectivity index (χ0v) is 12.6. The lowest BCUT2D eigenvalue weighted by Gasteiger charge is -2.17. The second-order valence-electron chi connectivity index (χ2n) is 5.60. The van der Waals surface area contributed by atoms with Gasteiger partial charge in [-0.25, -0.2) is 0 Å². The molecule has 4 nitrogen and oxygen atoms in total. The lowest BCUT2D eigenvalue weighted by molar-refractivity contribution is -0.125. The Kier molecular flexibility index (Phi) is 5.14. The van der Waals surface area contributed by atoms with Gasteiger partial charge in [0.05, 0.1) is 0 Å². The van der Waals surface area contributed by atoms with Gasteiger partial charge in [0.25, 0.3) is 5.91 Å². The highest BCUT2D eigenvalue weighted by Crippen LogP contribution is 2.18. The molecule has 1 unspecified atom stereocenters. The molecule has 0 fully saturated rings. The van der Waals surface area contributed by atoms with Crippen molar-refractivity contribution < 1.29 is 9.59 Å². The minimum atomic E-state index is -0.0143. The van der Waals surface area contributed by atoms with E-state index in [0.717, 1.165) is 24.8 Å². The van der Waals surface area contributed by atoms with Crippen LogP contribution >= 0.6 is 0 Å². The number of nitrogens with one attached hydrogen (secondary N) is 1. The van der Waals surface area contributed by atoms with Crippen molar-refractivity contribution in [2.45, 2.75) is 25.8 Å². The standard InChI is InChI=1S/C17H22N2O2/c1-19(2)17(21)15-10-8-13(9-11-15)12-18-16(20)14-6-4-3-5-7-14/h3-4,8-11,14H,5-7,12H2,1-2H3,(H,18,20). The molecular formula is C17H22N2O2.